The van der Waals surface area contributed by atoms with Crippen LogP contribution in [0.3, 0.4) is 0 Å². The number of nitrogens with zero attached hydrogens (tertiary/aromatic N) is 2. The van der Waals surface area contributed by atoms with Gasteiger partial charge >= 0.3 is 185 Å². The predicted molar refractivity (Wildman–Crippen MR) is 124 cm³/mol. The fourth-order valence-corrected chi connectivity index (χ4v) is 6.70. The zero-order chi connectivity index (χ0) is 21.5. The van der Waals surface area contributed by atoms with E-state index in [-0.39, 0.29) is 22.0 Å². The predicted octanol–water partition coefficient (Wildman–Crippen LogP) is 3.82. The van der Waals surface area contributed by atoms with E-state index in [0.29, 0.717) is 6.42 Å². The first-order valence-corrected chi connectivity index (χ1v) is 11.8. The Morgan fingerprint density at radius 3 is 2.68 bits per heavy atom. The van der Waals surface area contributed by atoms with Gasteiger partial charge in [0.15, 0.2) is 0 Å². The van der Waals surface area contributed by atoms with Crippen LogP contribution >= 0.6 is 11.3 Å². The van der Waals surface area contributed by atoms with E-state index in [9.17, 15) is 9.59 Å². The van der Waals surface area contributed by atoms with Crippen molar-refractivity contribution in [3.63, 3.8) is 0 Å². The molecule has 0 aliphatic carbocycles. The Labute approximate surface area is 191 Å². The van der Waals surface area contributed by atoms with Gasteiger partial charge in [-0.15, -0.1) is 0 Å². The van der Waals surface area contributed by atoms with Crippen LogP contribution in [0.2, 0.25) is 0 Å². The molecule has 153 valence electrons. The maximum absolute atomic E-state index is 12.4. The van der Waals surface area contributed by atoms with Crippen LogP contribution in [0.5, 0.6) is 0 Å². The van der Waals surface area contributed by atoms with Gasteiger partial charge in [0.05, 0.1) is 0 Å². The Morgan fingerprint density at radius 2 is 1.87 bits per heavy atom. The topological polar surface area (TPSA) is 63.5 Å². The molecule has 0 fully saturated rings. The number of para-hydroxylation sites is 2. The Bertz CT molecular complexity index is 1480. The van der Waals surface area contributed by atoms with Crippen molar-refractivity contribution >= 4 is 65.7 Å². The van der Waals surface area contributed by atoms with Crippen LogP contribution in [0.15, 0.2) is 53.5 Å². The maximum atomic E-state index is 12.4. The molecule has 1 unspecified atom stereocenters. The number of thiophene rings is 1. The number of benzene rings is 2. The number of hydrogen-bond acceptors (Lipinski definition) is 3. The average Bonchev–Trinajstić information content (AvgIpc) is 3.29. The third-order valence-electron chi connectivity index (χ3n) is 6.47. The number of aliphatic imine (C=N–C) groups is 1. The quantitative estimate of drug-likeness (QED) is 0.342. The van der Waals surface area contributed by atoms with E-state index in [0.717, 1.165) is 4.88 Å². The van der Waals surface area contributed by atoms with Crippen molar-refractivity contribution in [2.24, 2.45) is 10.9 Å². The normalized spacial score (nSPS) is 19.4. The fourth-order valence-electron chi connectivity index (χ4n) is 4.92. The second kappa shape index (κ2) is 6.39. The molecule has 6 rings (SSSR count). The van der Waals surface area contributed by atoms with E-state index in [1.807, 2.05) is 0 Å². The Balaban J connectivity index is 1.57. The molecule has 2 aromatic carbocycles. The second-order valence-electron chi connectivity index (χ2n) is 8.61. The van der Waals surface area contributed by atoms with Crippen molar-refractivity contribution in [1.82, 2.24) is 9.88 Å². The molecular weight excluding hydrogens is 473 g/mol. The molecule has 0 bridgehead atoms. The summed E-state index contributed by atoms with van der Waals surface area (Å²) < 4.78 is 2.60. The van der Waals surface area contributed by atoms with Gasteiger partial charge in [0.1, 0.15) is 0 Å². The Kier molecular flexibility index (Phi) is 3.91. The van der Waals surface area contributed by atoms with Crippen molar-refractivity contribution in [3.8, 4) is 5.00 Å². The number of carbonyl (C=O) groups is 2. The summed E-state index contributed by atoms with van der Waals surface area (Å²) in [7, 11) is 0. The first-order valence-electron chi connectivity index (χ1n) is 10.1. The van der Waals surface area contributed by atoms with Gasteiger partial charge < -0.3 is 0 Å². The van der Waals surface area contributed by atoms with Crippen molar-refractivity contribution in [1.29, 1.82) is 0 Å². The monoisotopic (exact) mass is 492 g/mol. The van der Waals surface area contributed by atoms with Gasteiger partial charge in [-0.3, -0.25) is 0 Å². The number of hydrogen-bond donors (Lipinski definition) is 1. The number of carbonyl (C=O) groups excluding carboxylic acids is 2. The van der Waals surface area contributed by atoms with Gasteiger partial charge in [0.2, 0.25) is 0 Å². The van der Waals surface area contributed by atoms with Crippen LogP contribution in [0.1, 0.15) is 29.9 Å². The van der Waals surface area contributed by atoms with Gasteiger partial charge in [0.25, 0.3) is 0 Å². The van der Waals surface area contributed by atoms with Gasteiger partial charge in [-0.05, 0) is 0 Å². The molecule has 5 nitrogen and oxygen atoms in total. The average molecular weight is 491 g/mol. The number of nitrogens with one attached hydrogen (secondary N) is 1. The van der Waals surface area contributed by atoms with Crippen molar-refractivity contribution in [2.45, 2.75) is 25.7 Å². The van der Waals surface area contributed by atoms with E-state index in [1.54, 1.807) is 11.3 Å². The van der Waals surface area contributed by atoms with Gasteiger partial charge in [-0.2, -0.15) is 0 Å². The minimum atomic E-state index is -0.788. The van der Waals surface area contributed by atoms with Crippen molar-refractivity contribution < 1.29 is 9.59 Å². The summed E-state index contributed by atoms with van der Waals surface area (Å²) in [6.45, 7) is 4.50. The van der Waals surface area contributed by atoms with Crippen molar-refractivity contribution in [2.75, 3.05) is 0 Å². The van der Waals surface area contributed by atoms with E-state index in [1.165, 1.54) is 37.9 Å². The Hall–Kier alpha value is -2.73. The minimum absolute atomic E-state index is 0.184. The molecule has 0 spiro atoms. The summed E-state index contributed by atoms with van der Waals surface area (Å²) in [5, 5.41) is 6.30. The third-order valence-corrected chi connectivity index (χ3v) is 8.02. The summed E-state index contributed by atoms with van der Waals surface area (Å²) in [6.07, 6.45) is 0.355. The molecule has 1 radical (unpaired) electrons. The summed E-state index contributed by atoms with van der Waals surface area (Å²) in [5.74, 6) is -1.47. The zero-order valence-corrected chi connectivity index (χ0v) is 19.5. The number of fused-ring (bicyclic) bond motifs is 5. The van der Waals surface area contributed by atoms with E-state index < -0.39 is 5.92 Å². The third kappa shape index (κ3) is 2.57. The Morgan fingerprint density at radius 1 is 1.10 bits per heavy atom. The molecule has 0 saturated carbocycles. The SMILES string of the molecule is CC1(C)c2cc(CC3C(=O)N=C([Se])NC3=O)sc2-n2c3ccccc3c3cccc1c32. The zero-order valence-electron chi connectivity index (χ0n) is 16.9. The number of aromatic nitrogens is 1. The van der Waals surface area contributed by atoms with Crippen LogP contribution in [-0.2, 0) is 21.4 Å². The summed E-state index contributed by atoms with van der Waals surface area (Å²) in [5.41, 5.74) is 4.76. The van der Waals surface area contributed by atoms with Gasteiger partial charge in [-0.25, -0.2) is 0 Å². The molecule has 0 saturated heterocycles. The first-order chi connectivity index (χ1) is 14.9. The standard InChI is InChI=1S/C24H18N3O2SSe/c1-24(2)16-8-5-7-14-13-6-3-4-9-18(13)27(19(14)16)22-17(24)11-12(30-22)10-15-20(28)25-23(31)26-21(15)29/h3-9,11,15H,10H2,1-2H3,(H,25,26,28,29). The van der Waals surface area contributed by atoms with Crippen LogP contribution in [-0.4, -0.2) is 37.1 Å². The molecule has 1 N–H and O–H groups in total. The van der Waals surface area contributed by atoms with Gasteiger partial charge in [-0.1, -0.05) is 6.07 Å². The van der Waals surface area contributed by atoms with Gasteiger partial charge in [0, 0.05) is 0 Å². The summed E-state index contributed by atoms with van der Waals surface area (Å²) >= 11 is 4.27. The van der Waals surface area contributed by atoms with E-state index in [2.05, 4.69) is 93.3 Å². The molecule has 4 heterocycles. The number of rotatable bonds is 2. The van der Waals surface area contributed by atoms with E-state index >= 15 is 0 Å². The molecule has 2 aromatic heterocycles. The molecule has 2 aliphatic heterocycles. The summed E-state index contributed by atoms with van der Waals surface area (Å²) in [6, 6.07) is 17.2. The van der Waals surface area contributed by atoms with Crippen LogP contribution < -0.4 is 5.32 Å². The first kappa shape index (κ1) is 19.0. The van der Waals surface area contributed by atoms with Crippen molar-refractivity contribution in [3.05, 3.63) is 64.5 Å². The molecule has 31 heavy (non-hydrogen) atoms. The van der Waals surface area contributed by atoms with E-state index in [4.69, 9.17) is 0 Å². The number of amides is 2. The molecule has 7 heteroatoms. The van der Waals surface area contributed by atoms with Crippen LogP contribution in [0, 0.1) is 5.92 Å². The second-order valence-corrected chi connectivity index (χ2v) is 10.5. The summed E-state index contributed by atoms with van der Waals surface area (Å²) in [4.78, 5) is 29.7. The molecule has 2 amide bonds. The van der Waals surface area contributed by atoms with Crippen LogP contribution in [0.25, 0.3) is 26.8 Å². The molecular formula is C24H18N3O2SSe. The molecule has 1 atom stereocenters. The molecule has 2 aliphatic rings. The fraction of sp³-hybridized carbons (Fsp3) is 0.208. The molecule has 4 aromatic rings. The number of amidine groups is 1. The van der Waals surface area contributed by atoms with Crippen LogP contribution in [0.4, 0.5) is 0 Å².